The van der Waals surface area contributed by atoms with Crippen LogP contribution in [0.3, 0.4) is 0 Å². The van der Waals surface area contributed by atoms with E-state index >= 15 is 0 Å². The first kappa shape index (κ1) is 25.1. The molecule has 1 aliphatic carbocycles. The predicted octanol–water partition coefficient (Wildman–Crippen LogP) is 4.15. The highest BCUT2D eigenvalue weighted by atomic mass is 35.5. The molecule has 0 bridgehead atoms. The van der Waals surface area contributed by atoms with E-state index in [2.05, 4.69) is 10.2 Å². The molecule has 0 radical (unpaired) electrons. The maximum atomic E-state index is 13.4. The average Bonchev–Trinajstić information content (AvgIpc) is 3.61. The van der Waals surface area contributed by atoms with Gasteiger partial charge in [-0.15, -0.1) is 5.06 Å². The first-order valence-electron chi connectivity index (χ1n) is 12.7. The average molecular weight is 525 g/mol. The minimum absolute atomic E-state index is 0.00361. The number of anilines is 1. The highest BCUT2D eigenvalue weighted by Crippen LogP contribution is 2.53. The molecule has 2 amide bonds. The van der Waals surface area contributed by atoms with Gasteiger partial charge < -0.3 is 19.7 Å². The van der Waals surface area contributed by atoms with E-state index in [4.69, 9.17) is 28.0 Å². The zero-order valence-corrected chi connectivity index (χ0v) is 21.6. The number of aliphatic hydroxyl groups excluding tert-OH is 1. The zero-order chi connectivity index (χ0) is 24.7. The van der Waals surface area contributed by atoms with Crippen molar-refractivity contribution in [3.63, 3.8) is 0 Å². The number of nitrogens with one attached hydrogen (secondary N) is 1. The van der Waals surface area contributed by atoms with Crippen LogP contribution in [0.15, 0.2) is 18.2 Å². The van der Waals surface area contributed by atoms with Gasteiger partial charge in [0.1, 0.15) is 6.04 Å². The van der Waals surface area contributed by atoms with Gasteiger partial charge in [0.2, 0.25) is 5.91 Å². The molecule has 5 rings (SSSR count). The number of hydroxylamine groups is 2. The van der Waals surface area contributed by atoms with Gasteiger partial charge in [-0.25, -0.2) is 4.79 Å². The minimum Gasteiger partial charge on any atom is -0.391 e. The Labute approximate surface area is 216 Å². The quantitative estimate of drug-likeness (QED) is 0.601. The Kier molecular flexibility index (Phi) is 7.21. The monoisotopic (exact) mass is 524 g/mol. The fraction of sp³-hybridized carbons (Fsp3) is 0.680. The molecule has 0 unspecified atom stereocenters. The second-order valence-corrected chi connectivity index (χ2v) is 11.4. The summed E-state index contributed by atoms with van der Waals surface area (Å²) < 4.78 is 0. The normalized spacial score (nSPS) is 30.7. The number of piperazine rings is 1. The van der Waals surface area contributed by atoms with E-state index in [1.807, 2.05) is 4.90 Å². The number of fused-ring (bicyclic) bond motifs is 1. The number of rotatable bonds is 5. The molecule has 1 saturated carbocycles. The van der Waals surface area contributed by atoms with Gasteiger partial charge >= 0.3 is 6.09 Å². The summed E-state index contributed by atoms with van der Waals surface area (Å²) in [4.78, 5) is 35.8. The molecule has 1 aromatic carbocycles. The van der Waals surface area contributed by atoms with Gasteiger partial charge in [-0.1, -0.05) is 23.2 Å². The fourth-order valence-electron chi connectivity index (χ4n) is 5.99. The molecular formula is C25H34Cl2N4O4. The van der Waals surface area contributed by atoms with Crippen molar-refractivity contribution >= 4 is 40.9 Å². The van der Waals surface area contributed by atoms with Gasteiger partial charge in [0.05, 0.1) is 22.7 Å². The van der Waals surface area contributed by atoms with E-state index in [1.54, 1.807) is 25.1 Å². The lowest BCUT2D eigenvalue weighted by atomic mass is 9.88. The molecule has 1 spiro atoms. The Balaban J connectivity index is 1.16. The standard InChI is InChI=1S/C25H34Cl2N4O4/c1-16-23(33)31-18(7-11-29-12-10-25(8-9-25)22(32)15-29)3-2-4-19(31)14-30(16)35-24(34)28-17-5-6-20(26)21(27)13-17/h5-6,13,16,18-19,22,32H,2-4,7-12,14-15H2,1H3,(H,28,34)/t16-,18+,19-,22+/m0/s1. The lowest BCUT2D eigenvalue weighted by Crippen LogP contribution is -2.65. The largest absolute Gasteiger partial charge is 0.430 e. The number of aliphatic hydroxyl groups is 1. The molecule has 4 fully saturated rings. The summed E-state index contributed by atoms with van der Waals surface area (Å²) in [5, 5.41) is 15.4. The van der Waals surface area contributed by atoms with Crippen LogP contribution in [-0.2, 0) is 9.63 Å². The molecule has 3 aliphatic heterocycles. The zero-order valence-electron chi connectivity index (χ0n) is 20.1. The Hall–Kier alpha value is -1.58. The number of halogens is 2. The van der Waals surface area contributed by atoms with Crippen molar-refractivity contribution in [3.05, 3.63) is 28.2 Å². The van der Waals surface area contributed by atoms with Gasteiger partial charge in [-0.2, -0.15) is 0 Å². The first-order chi connectivity index (χ1) is 16.8. The second-order valence-electron chi connectivity index (χ2n) is 10.6. The van der Waals surface area contributed by atoms with E-state index < -0.39 is 12.1 Å². The topological polar surface area (TPSA) is 85.3 Å². The van der Waals surface area contributed by atoms with E-state index in [0.29, 0.717) is 22.3 Å². The molecule has 192 valence electrons. The van der Waals surface area contributed by atoms with Crippen molar-refractivity contribution in [3.8, 4) is 0 Å². The number of β-amino-alcohol motifs (C(OH)–C–C–N with tert-alkyl or cyclic N) is 1. The van der Waals surface area contributed by atoms with Crippen LogP contribution in [0.4, 0.5) is 10.5 Å². The van der Waals surface area contributed by atoms with E-state index in [0.717, 1.165) is 64.6 Å². The number of hydrogen-bond acceptors (Lipinski definition) is 6. The number of hydrogen-bond donors (Lipinski definition) is 2. The number of amides is 2. The van der Waals surface area contributed by atoms with Crippen molar-refractivity contribution in [2.45, 2.75) is 76.1 Å². The maximum Gasteiger partial charge on any atom is 0.430 e. The van der Waals surface area contributed by atoms with E-state index in [1.165, 1.54) is 5.06 Å². The lowest BCUT2D eigenvalue weighted by molar-refractivity contribution is -0.190. The summed E-state index contributed by atoms with van der Waals surface area (Å²) in [6.45, 7) is 4.95. The number of benzene rings is 1. The van der Waals surface area contributed by atoms with Crippen molar-refractivity contribution < 1.29 is 19.5 Å². The number of nitrogens with zero attached hydrogens (tertiary/aromatic N) is 3. The number of likely N-dealkylation sites (tertiary alicyclic amines) is 1. The molecule has 10 heteroatoms. The van der Waals surface area contributed by atoms with Gasteiger partial charge in [-0.05, 0) is 82.0 Å². The highest BCUT2D eigenvalue weighted by Gasteiger charge is 2.51. The summed E-state index contributed by atoms with van der Waals surface area (Å²) >= 11 is 12.0. The molecule has 8 nitrogen and oxygen atoms in total. The number of piperidine rings is 2. The summed E-state index contributed by atoms with van der Waals surface area (Å²) in [7, 11) is 0. The molecule has 35 heavy (non-hydrogen) atoms. The van der Waals surface area contributed by atoms with Gasteiger partial charge in [0.25, 0.3) is 0 Å². The van der Waals surface area contributed by atoms with Gasteiger partial charge in [0.15, 0.2) is 0 Å². The Morgan fingerprint density at radius 1 is 1.20 bits per heavy atom. The summed E-state index contributed by atoms with van der Waals surface area (Å²) in [6, 6.07) is 4.44. The van der Waals surface area contributed by atoms with Crippen LogP contribution in [0.25, 0.3) is 0 Å². The van der Waals surface area contributed by atoms with Crippen molar-refractivity contribution in [1.82, 2.24) is 14.9 Å². The smallest absolute Gasteiger partial charge is 0.391 e. The number of carbonyl (C=O) groups excluding carboxylic acids is 2. The molecule has 3 heterocycles. The predicted molar refractivity (Wildman–Crippen MR) is 134 cm³/mol. The van der Waals surface area contributed by atoms with Crippen LogP contribution in [0.1, 0.15) is 51.9 Å². The third kappa shape index (κ3) is 5.27. The lowest BCUT2D eigenvalue weighted by Gasteiger charge is -2.50. The van der Waals surface area contributed by atoms with E-state index in [9.17, 15) is 14.7 Å². The fourth-order valence-corrected chi connectivity index (χ4v) is 6.28. The Bertz CT molecular complexity index is 975. The first-order valence-corrected chi connectivity index (χ1v) is 13.4. The number of carbonyl (C=O) groups is 2. The highest BCUT2D eigenvalue weighted by molar-refractivity contribution is 6.42. The molecule has 4 aliphatic rings. The Morgan fingerprint density at radius 2 is 2.00 bits per heavy atom. The molecule has 2 N–H and O–H groups in total. The second kappa shape index (κ2) is 10.1. The summed E-state index contributed by atoms with van der Waals surface area (Å²) in [5.74, 6) is 0.00361. The van der Waals surface area contributed by atoms with Crippen LogP contribution < -0.4 is 5.32 Å². The van der Waals surface area contributed by atoms with Crippen molar-refractivity contribution in [1.29, 1.82) is 0 Å². The third-order valence-electron chi connectivity index (χ3n) is 8.40. The molecule has 0 aromatic heterocycles. The van der Waals surface area contributed by atoms with Crippen LogP contribution in [0.5, 0.6) is 0 Å². The van der Waals surface area contributed by atoms with Crippen LogP contribution >= 0.6 is 23.2 Å². The molecule has 1 aromatic rings. The maximum absolute atomic E-state index is 13.4. The minimum atomic E-state index is -0.666. The Morgan fingerprint density at radius 3 is 2.71 bits per heavy atom. The van der Waals surface area contributed by atoms with Crippen molar-refractivity contribution in [2.24, 2.45) is 5.41 Å². The summed E-state index contributed by atoms with van der Waals surface area (Å²) in [6.07, 6.45) is 6.37. The van der Waals surface area contributed by atoms with Gasteiger partial charge in [0, 0.05) is 30.9 Å². The molecular weight excluding hydrogens is 491 g/mol. The van der Waals surface area contributed by atoms with Crippen LogP contribution in [0.2, 0.25) is 10.0 Å². The molecule has 4 atom stereocenters. The molecule has 3 saturated heterocycles. The SMILES string of the molecule is C[C@H]1C(=O)N2[C@@H](CCN3CCC4(CC4)[C@H](O)C3)CCC[C@H]2CN1OC(=O)Nc1ccc(Cl)c(Cl)c1. The van der Waals surface area contributed by atoms with Gasteiger partial charge in [-0.3, -0.25) is 10.1 Å². The third-order valence-corrected chi connectivity index (χ3v) is 9.14. The van der Waals surface area contributed by atoms with Crippen molar-refractivity contribution in [2.75, 3.05) is 31.5 Å². The van der Waals surface area contributed by atoms with E-state index in [-0.39, 0.29) is 29.5 Å². The van der Waals surface area contributed by atoms with Crippen LogP contribution in [-0.4, -0.2) is 82.4 Å². The summed E-state index contributed by atoms with van der Waals surface area (Å²) in [5.41, 5.74) is 0.676. The van der Waals surface area contributed by atoms with Crippen LogP contribution in [0, 0.1) is 5.41 Å².